The van der Waals surface area contributed by atoms with Crippen molar-refractivity contribution in [2.24, 2.45) is 0 Å². The van der Waals surface area contributed by atoms with E-state index in [1.807, 2.05) is 30.3 Å². The van der Waals surface area contributed by atoms with Gasteiger partial charge in [0.05, 0.1) is 6.26 Å². The molecule has 2 aromatic rings. The molecular weight excluding hydrogens is 330 g/mol. The van der Waals surface area contributed by atoms with Crippen molar-refractivity contribution >= 4 is 15.9 Å². The highest BCUT2D eigenvalue weighted by molar-refractivity contribution is 7.88. The quantitative estimate of drug-likeness (QED) is 0.903. The summed E-state index contributed by atoms with van der Waals surface area (Å²) < 4.78 is 30.5. The Bertz CT molecular complexity index is 817. The monoisotopic (exact) mass is 349 g/mol. The summed E-state index contributed by atoms with van der Waals surface area (Å²) in [6.45, 7) is 0.910. The fraction of sp³-hybridized carbons (Fsp3) is 0.375. The third-order valence-electron chi connectivity index (χ3n) is 3.88. The molecule has 1 saturated heterocycles. The molecule has 24 heavy (non-hydrogen) atoms. The first-order valence-electron chi connectivity index (χ1n) is 7.71. The number of sulfonamides is 1. The minimum atomic E-state index is -3.29. The average molecular weight is 349 g/mol. The summed E-state index contributed by atoms with van der Waals surface area (Å²) in [5.41, 5.74) is 1.08. The minimum absolute atomic E-state index is 0.230. The highest BCUT2D eigenvalue weighted by Crippen LogP contribution is 2.21. The number of hydrogen-bond acceptors (Lipinski definition) is 5. The van der Waals surface area contributed by atoms with Crippen LogP contribution in [0.1, 0.15) is 23.3 Å². The third-order valence-corrected chi connectivity index (χ3v) is 4.64. The first kappa shape index (κ1) is 16.7. The molecule has 0 radical (unpaired) electrons. The van der Waals surface area contributed by atoms with Crippen LogP contribution in [0.15, 0.2) is 40.9 Å². The largest absolute Gasteiger partial charge is 0.355 e. The summed E-state index contributed by atoms with van der Waals surface area (Å²) in [6.07, 6.45) is 2.57. The molecule has 1 aliphatic rings. The second-order valence-corrected chi connectivity index (χ2v) is 7.70. The van der Waals surface area contributed by atoms with Gasteiger partial charge in [0.2, 0.25) is 10.0 Å². The molecule has 1 unspecified atom stereocenters. The van der Waals surface area contributed by atoms with Gasteiger partial charge in [-0.1, -0.05) is 35.5 Å². The number of amides is 1. The number of aromatic nitrogens is 1. The van der Waals surface area contributed by atoms with E-state index in [0.717, 1.165) is 18.2 Å². The average Bonchev–Trinajstić information content (AvgIpc) is 3.03. The number of nitrogens with zero attached hydrogens (tertiary/aromatic N) is 2. The van der Waals surface area contributed by atoms with E-state index in [1.54, 1.807) is 11.0 Å². The molecule has 3 rings (SSSR count). The van der Waals surface area contributed by atoms with Crippen LogP contribution in [0.25, 0.3) is 11.3 Å². The summed E-state index contributed by atoms with van der Waals surface area (Å²) in [5, 5.41) is 3.86. The van der Waals surface area contributed by atoms with Crippen molar-refractivity contribution in [2.45, 2.75) is 18.9 Å². The number of carbonyl (C=O) groups is 1. The van der Waals surface area contributed by atoms with Gasteiger partial charge in [-0.15, -0.1) is 0 Å². The van der Waals surface area contributed by atoms with Gasteiger partial charge in [0.1, 0.15) is 0 Å². The Morgan fingerprint density at radius 1 is 1.33 bits per heavy atom. The zero-order valence-electron chi connectivity index (χ0n) is 13.3. The SMILES string of the molecule is CS(=O)(=O)NC1CCCN(C(=O)c2cc(-c3ccccc3)on2)C1. The number of likely N-dealkylation sites (tertiary alicyclic amines) is 1. The van der Waals surface area contributed by atoms with Gasteiger partial charge in [-0.05, 0) is 12.8 Å². The van der Waals surface area contributed by atoms with Crippen molar-refractivity contribution in [1.29, 1.82) is 0 Å². The van der Waals surface area contributed by atoms with Gasteiger partial charge in [0.25, 0.3) is 5.91 Å². The number of nitrogens with one attached hydrogen (secondary N) is 1. The van der Waals surface area contributed by atoms with Crippen LogP contribution in [0.5, 0.6) is 0 Å². The van der Waals surface area contributed by atoms with E-state index in [-0.39, 0.29) is 17.6 Å². The van der Waals surface area contributed by atoms with Gasteiger partial charge in [-0.25, -0.2) is 13.1 Å². The molecule has 1 atom stereocenters. The molecule has 7 nitrogen and oxygen atoms in total. The molecule has 1 fully saturated rings. The Kier molecular flexibility index (Phi) is 4.68. The first-order valence-corrected chi connectivity index (χ1v) is 9.60. The van der Waals surface area contributed by atoms with Crippen molar-refractivity contribution < 1.29 is 17.7 Å². The van der Waals surface area contributed by atoms with Crippen molar-refractivity contribution in [3.63, 3.8) is 0 Å². The Morgan fingerprint density at radius 2 is 2.08 bits per heavy atom. The fourth-order valence-corrected chi connectivity index (χ4v) is 3.63. The van der Waals surface area contributed by atoms with E-state index >= 15 is 0 Å². The maximum atomic E-state index is 12.6. The van der Waals surface area contributed by atoms with Gasteiger partial charge in [-0.2, -0.15) is 0 Å². The molecule has 1 N–H and O–H groups in total. The van der Waals surface area contributed by atoms with Crippen LogP contribution in [-0.4, -0.2) is 49.8 Å². The summed E-state index contributed by atoms with van der Waals surface area (Å²) in [5.74, 6) is 0.280. The van der Waals surface area contributed by atoms with Gasteiger partial charge >= 0.3 is 0 Å². The van der Waals surface area contributed by atoms with E-state index in [9.17, 15) is 13.2 Å². The Morgan fingerprint density at radius 3 is 2.79 bits per heavy atom. The number of rotatable bonds is 4. The van der Waals surface area contributed by atoms with Crippen molar-refractivity contribution in [3.8, 4) is 11.3 Å². The number of carbonyl (C=O) groups excluding carboxylic acids is 1. The lowest BCUT2D eigenvalue weighted by Crippen LogP contribution is -2.49. The molecule has 0 spiro atoms. The highest BCUT2D eigenvalue weighted by atomic mass is 32.2. The molecule has 1 amide bonds. The van der Waals surface area contributed by atoms with Crippen LogP contribution in [0, 0.1) is 0 Å². The van der Waals surface area contributed by atoms with Gasteiger partial charge in [-0.3, -0.25) is 4.79 Å². The molecule has 1 aromatic heterocycles. The molecule has 1 aromatic carbocycles. The normalized spacial score (nSPS) is 18.5. The van der Waals surface area contributed by atoms with Crippen LogP contribution in [0.4, 0.5) is 0 Å². The standard InChI is InChI=1S/C16H19N3O4S/c1-24(21,22)18-13-8-5-9-19(11-13)16(20)14-10-15(23-17-14)12-6-3-2-4-7-12/h2-4,6-7,10,13,18H,5,8-9,11H2,1H3. The summed E-state index contributed by atoms with van der Waals surface area (Å²) in [4.78, 5) is 14.2. The molecule has 128 valence electrons. The van der Waals surface area contributed by atoms with Gasteiger partial charge in [0.15, 0.2) is 11.5 Å². The number of benzene rings is 1. The Balaban J connectivity index is 1.71. The summed E-state index contributed by atoms with van der Waals surface area (Å²) >= 11 is 0. The number of piperidine rings is 1. The van der Waals surface area contributed by atoms with Crippen molar-refractivity contribution in [2.75, 3.05) is 19.3 Å². The zero-order valence-corrected chi connectivity index (χ0v) is 14.1. The second-order valence-electron chi connectivity index (χ2n) is 5.92. The van der Waals surface area contributed by atoms with Crippen LogP contribution in [0.2, 0.25) is 0 Å². The summed E-state index contributed by atoms with van der Waals surface area (Å²) in [6, 6.07) is 10.8. The molecule has 0 saturated carbocycles. The van der Waals surface area contributed by atoms with Gasteiger partial charge in [0, 0.05) is 30.8 Å². The third kappa shape index (κ3) is 4.01. The molecule has 8 heteroatoms. The predicted molar refractivity (Wildman–Crippen MR) is 88.8 cm³/mol. The zero-order chi connectivity index (χ0) is 17.2. The summed E-state index contributed by atoms with van der Waals surface area (Å²) in [7, 11) is -3.29. The van der Waals surface area contributed by atoms with Crippen molar-refractivity contribution in [1.82, 2.24) is 14.8 Å². The molecule has 0 aliphatic carbocycles. The lowest BCUT2D eigenvalue weighted by molar-refractivity contribution is 0.0692. The molecule has 2 heterocycles. The van der Waals surface area contributed by atoms with Gasteiger partial charge < -0.3 is 9.42 Å². The number of hydrogen-bond donors (Lipinski definition) is 1. The molecular formula is C16H19N3O4S. The van der Waals surface area contributed by atoms with Crippen molar-refractivity contribution in [3.05, 3.63) is 42.1 Å². The predicted octanol–water partition coefficient (Wildman–Crippen LogP) is 1.50. The van der Waals surface area contributed by atoms with E-state index in [4.69, 9.17) is 4.52 Å². The van der Waals surface area contributed by atoms with Crippen LogP contribution in [-0.2, 0) is 10.0 Å². The maximum absolute atomic E-state index is 12.6. The second kappa shape index (κ2) is 6.74. The Hall–Kier alpha value is -2.19. The lowest BCUT2D eigenvalue weighted by atomic mass is 10.1. The fourth-order valence-electron chi connectivity index (χ4n) is 2.84. The van der Waals surface area contributed by atoms with Crippen LogP contribution >= 0.6 is 0 Å². The van der Waals surface area contributed by atoms with E-state index in [2.05, 4.69) is 9.88 Å². The first-order chi connectivity index (χ1) is 11.4. The van der Waals surface area contributed by atoms with E-state index < -0.39 is 10.0 Å². The van der Waals surface area contributed by atoms with Crippen LogP contribution < -0.4 is 4.72 Å². The maximum Gasteiger partial charge on any atom is 0.276 e. The topological polar surface area (TPSA) is 92.5 Å². The van der Waals surface area contributed by atoms with E-state index in [1.165, 1.54) is 0 Å². The molecule has 1 aliphatic heterocycles. The van der Waals surface area contributed by atoms with Crippen LogP contribution in [0.3, 0.4) is 0 Å². The Labute approximate surface area is 140 Å². The van der Waals surface area contributed by atoms with E-state index in [0.29, 0.717) is 25.3 Å². The molecule has 0 bridgehead atoms. The minimum Gasteiger partial charge on any atom is -0.355 e. The highest BCUT2D eigenvalue weighted by Gasteiger charge is 2.28. The smallest absolute Gasteiger partial charge is 0.276 e. The lowest BCUT2D eigenvalue weighted by Gasteiger charge is -2.32.